The molecule has 0 radical (unpaired) electrons. The van der Waals surface area contributed by atoms with Crippen molar-refractivity contribution in [3.8, 4) is 5.75 Å². The molecule has 3 heterocycles. The number of oxazole rings is 1. The van der Waals surface area contributed by atoms with E-state index in [0.29, 0.717) is 40.0 Å². The first-order valence-corrected chi connectivity index (χ1v) is 9.11. The highest BCUT2D eigenvalue weighted by atomic mass is 16.5. The van der Waals surface area contributed by atoms with Gasteiger partial charge in [-0.15, -0.1) is 0 Å². The molecule has 0 atom stereocenters. The average molecular weight is 404 g/mol. The van der Waals surface area contributed by atoms with Crippen molar-refractivity contribution in [2.75, 3.05) is 22.6 Å². The van der Waals surface area contributed by atoms with Gasteiger partial charge in [0.15, 0.2) is 12.2 Å². The quantitative estimate of drug-likeness (QED) is 0.408. The number of rotatable bonds is 4. The Hall–Kier alpha value is -4.34. The van der Waals surface area contributed by atoms with E-state index in [1.165, 1.54) is 0 Å². The minimum Gasteiger partial charge on any atom is -0.482 e. The Morgan fingerprint density at radius 3 is 2.80 bits per heavy atom. The van der Waals surface area contributed by atoms with Gasteiger partial charge in [-0.1, -0.05) is 0 Å². The van der Waals surface area contributed by atoms with Crippen molar-refractivity contribution in [2.45, 2.75) is 6.92 Å². The molecule has 0 aliphatic carbocycles. The number of benzene rings is 2. The molecule has 30 heavy (non-hydrogen) atoms. The molecule has 0 saturated carbocycles. The van der Waals surface area contributed by atoms with E-state index in [9.17, 15) is 9.59 Å². The highest BCUT2D eigenvalue weighted by molar-refractivity contribution is 5.96. The van der Waals surface area contributed by atoms with Crippen LogP contribution in [0.2, 0.25) is 0 Å². The first kappa shape index (κ1) is 17.7. The summed E-state index contributed by atoms with van der Waals surface area (Å²) < 4.78 is 10.4. The maximum Gasteiger partial charge on any atom is 0.417 e. The molecule has 1 aliphatic rings. The van der Waals surface area contributed by atoms with Crippen LogP contribution < -0.4 is 26.4 Å². The van der Waals surface area contributed by atoms with Gasteiger partial charge in [-0.2, -0.15) is 4.98 Å². The van der Waals surface area contributed by atoms with Gasteiger partial charge in [-0.25, -0.2) is 9.78 Å². The van der Waals surface area contributed by atoms with Gasteiger partial charge in [0.2, 0.25) is 5.95 Å². The van der Waals surface area contributed by atoms with Gasteiger partial charge < -0.3 is 25.1 Å². The van der Waals surface area contributed by atoms with Gasteiger partial charge in [0, 0.05) is 23.1 Å². The molecule has 1 amide bonds. The van der Waals surface area contributed by atoms with Crippen LogP contribution in [0.5, 0.6) is 5.75 Å². The molecule has 0 saturated heterocycles. The Morgan fingerprint density at radius 2 is 1.90 bits per heavy atom. The number of anilines is 5. The number of fused-ring (bicyclic) bond motifs is 2. The number of carbonyl (C=O) groups excluding carboxylic acids is 1. The first-order valence-electron chi connectivity index (χ1n) is 9.11. The van der Waals surface area contributed by atoms with Crippen LogP contribution >= 0.6 is 0 Å². The fourth-order valence-electron chi connectivity index (χ4n) is 3.09. The largest absolute Gasteiger partial charge is 0.482 e. The average Bonchev–Trinajstić information content (AvgIpc) is 3.09. The van der Waals surface area contributed by atoms with Crippen LogP contribution in [-0.4, -0.2) is 27.5 Å². The van der Waals surface area contributed by atoms with Crippen molar-refractivity contribution in [1.29, 1.82) is 0 Å². The number of nitrogens with one attached hydrogen (secondary N) is 4. The van der Waals surface area contributed by atoms with Gasteiger partial charge in [0.25, 0.3) is 5.91 Å². The van der Waals surface area contributed by atoms with Gasteiger partial charge in [-0.3, -0.25) is 9.78 Å². The molecule has 0 spiro atoms. The lowest BCUT2D eigenvalue weighted by atomic mass is 10.2. The highest BCUT2D eigenvalue weighted by Crippen LogP contribution is 2.31. The minimum atomic E-state index is -0.501. The number of amides is 1. The van der Waals surface area contributed by atoms with Crippen molar-refractivity contribution in [2.24, 2.45) is 0 Å². The van der Waals surface area contributed by atoms with E-state index in [0.717, 1.165) is 11.3 Å². The van der Waals surface area contributed by atoms with Crippen LogP contribution in [0.15, 0.2) is 51.8 Å². The number of aryl methyl sites for hydroxylation is 1. The SMILES string of the molecule is Cc1cnc(Nc2ccc3c(c2)NC(=O)CO3)nc1Nc1ccc2oc(=O)[nH]c2c1. The third-order valence-electron chi connectivity index (χ3n) is 4.52. The Morgan fingerprint density at radius 1 is 1.07 bits per heavy atom. The maximum atomic E-state index is 11.5. The van der Waals surface area contributed by atoms with Crippen molar-refractivity contribution in [3.05, 3.63) is 58.7 Å². The summed E-state index contributed by atoms with van der Waals surface area (Å²) in [5.74, 6) is 0.892. The van der Waals surface area contributed by atoms with Crippen molar-refractivity contribution in [3.63, 3.8) is 0 Å². The van der Waals surface area contributed by atoms with E-state index in [-0.39, 0.29) is 12.5 Å². The lowest BCUT2D eigenvalue weighted by molar-refractivity contribution is -0.118. The molecule has 0 unspecified atom stereocenters. The van der Waals surface area contributed by atoms with Crippen LogP contribution in [0.25, 0.3) is 11.1 Å². The predicted molar refractivity (Wildman–Crippen MR) is 111 cm³/mol. The van der Waals surface area contributed by atoms with Gasteiger partial charge in [0.05, 0.1) is 11.2 Å². The van der Waals surface area contributed by atoms with E-state index in [2.05, 4.69) is 30.9 Å². The predicted octanol–water partition coefficient (Wildman–Crippen LogP) is 3.04. The topological polar surface area (TPSA) is 134 Å². The molecule has 1 aliphatic heterocycles. The molecular formula is C20H16N6O4. The summed E-state index contributed by atoms with van der Waals surface area (Å²) in [6.07, 6.45) is 1.69. The van der Waals surface area contributed by atoms with E-state index in [1.807, 2.05) is 13.0 Å². The van der Waals surface area contributed by atoms with Crippen LogP contribution in [0.3, 0.4) is 0 Å². The van der Waals surface area contributed by atoms with E-state index in [1.54, 1.807) is 36.5 Å². The van der Waals surface area contributed by atoms with Crippen LogP contribution in [0, 0.1) is 6.92 Å². The van der Waals surface area contributed by atoms with Gasteiger partial charge in [0.1, 0.15) is 11.6 Å². The van der Waals surface area contributed by atoms with Crippen molar-refractivity contribution in [1.82, 2.24) is 15.0 Å². The lowest BCUT2D eigenvalue weighted by Gasteiger charge is -2.18. The zero-order valence-electron chi connectivity index (χ0n) is 15.8. The van der Waals surface area contributed by atoms with Crippen molar-refractivity contribution < 1.29 is 13.9 Å². The molecule has 4 aromatic rings. The van der Waals surface area contributed by atoms with E-state index in [4.69, 9.17) is 9.15 Å². The normalized spacial score (nSPS) is 12.8. The summed E-state index contributed by atoms with van der Waals surface area (Å²) in [6.45, 7) is 1.89. The molecule has 10 nitrogen and oxygen atoms in total. The Labute approximate surface area is 169 Å². The fourth-order valence-corrected chi connectivity index (χ4v) is 3.09. The first-order chi connectivity index (χ1) is 14.5. The number of H-pyrrole nitrogens is 1. The zero-order valence-corrected chi connectivity index (χ0v) is 15.8. The number of aromatic nitrogens is 3. The molecule has 4 N–H and O–H groups in total. The maximum absolute atomic E-state index is 11.5. The number of hydrogen-bond acceptors (Lipinski definition) is 8. The molecule has 2 aromatic heterocycles. The summed E-state index contributed by atoms with van der Waals surface area (Å²) in [5.41, 5.74) is 3.94. The Balaban J connectivity index is 1.39. The molecule has 5 rings (SSSR count). The third kappa shape index (κ3) is 3.41. The lowest BCUT2D eigenvalue weighted by Crippen LogP contribution is -2.25. The summed E-state index contributed by atoms with van der Waals surface area (Å²) in [5, 5.41) is 9.11. The van der Waals surface area contributed by atoms with Crippen LogP contribution in [-0.2, 0) is 4.79 Å². The fraction of sp³-hybridized carbons (Fsp3) is 0.100. The second-order valence-corrected chi connectivity index (χ2v) is 6.75. The van der Waals surface area contributed by atoms with Crippen LogP contribution in [0.4, 0.5) is 28.8 Å². The van der Waals surface area contributed by atoms with Crippen molar-refractivity contribution >= 4 is 45.8 Å². The molecule has 0 fully saturated rings. The smallest absolute Gasteiger partial charge is 0.417 e. The third-order valence-corrected chi connectivity index (χ3v) is 4.52. The zero-order chi connectivity index (χ0) is 20.7. The molecule has 0 bridgehead atoms. The van der Waals surface area contributed by atoms with E-state index >= 15 is 0 Å². The number of aromatic amines is 1. The standard InChI is InChI=1S/C20H16N6O4/c1-10-8-21-19(23-12-2-4-15-13(7-12)24-17(27)9-29-15)26-18(10)22-11-3-5-16-14(6-11)25-20(28)30-16/h2-8H,9H2,1H3,(H,24,27)(H,25,28)(H2,21,22,23,26). The summed E-state index contributed by atoms with van der Waals surface area (Å²) >= 11 is 0. The molecule has 2 aromatic carbocycles. The summed E-state index contributed by atoms with van der Waals surface area (Å²) in [7, 11) is 0. The van der Waals surface area contributed by atoms with Crippen LogP contribution in [0.1, 0.15) is 5.56 Å². The number of nitrogens with zero attached hydrogens (tertiary/aromatic N) is 2. The second kappa shape index (κ2) is 6.92. The monoisotopic (exact) mass is 404 g/mol. The molecular weight excluding hydrogens is 388 g/mol. The number of hydrogen-bond donors (Lipinski definition) is 4. The van der Waals surface area contributed by atoms with E-state index < -0.39 is 5.76 Å². The Kier molecular flexibility index (Phi) is 4.09. The highest BCUT2D eigenvalue weighted by Gasteiger charge is 2.16. The Bertz CT molecular complexity index is 1340. The molecule has 150 valence electrons. The summed E-state index contributed by atoms with van der Waals surface area (Å²) in [6, 6.07) is 10.6. The second-order valence-electron chi connectivity index (χ2n) is 6.75. The van der Waals surface area contributed by atoms with Gasteiger partial charge in [-0.05, 0) is 43.3 Å². The summed E-state index contributed by atoms with van der Waals surface area (Å²) in [4.78, 5) is 34.3. The molecule has 10 heteroatoms. The van der Waals surface area contributed by atoms with Gasteiger partial charge >= 0.3 is 5.76 Å². The number of ether oxygens (including phenoxy) is 1. The minimum absolute atomic E-state index is 0.00831. The number of carbonyl (C=O) groups is 1.